The highest BCUT2D eigenvalue weighted by Crippen LogP contribution is 2.73. The molecule has 4 bridgehead atoms. The SMILES string of the molecule is F[C@@H]1C2C3[C@H]2C[C@H]1[C@H]3Br. The third-order valence-electron chi connectivity index (χ3n) is 3.39. The van der Waals surface area contributed by atoms with Gasteiger partial charge in [0.1, 0.15) is 6.17 Å². The number of alkyl halides is 2. The van der Waals surface area contributed by atoms with E-state index in [9.17, 15) is 4.39 Å². The Hall–Kier alpha value is 0.410. The van der Waals surface area contributed by atoms with Gasteiger partial charge in [-0.2, -0.15) is 0 Å². The molecule has 50 valence electrons. The highest BCUT2D eigenvalue weighted by molar-refractivity contribution is 9.09. The van der Waals surface area contributed by atoms with Crippen LogP contribution in [0.1, 0.15) is 6.42 Å². The van der Waals surface area contributed by atoms with E-state index >= 15 is 0 Å². The van der Waals surface area contributed by atoms with Gasteiger partial charge in [0.25, 0.3) is 0 Å². The molecule has 0 aromatic rings. The van der Waals surface area contributed by atoms with Gasteiger partial charge in [-0.05, 0) is 24.2 Å². The normalized spacial score (nSPS) is 75.3. The summed E-state index contributed by atoms with van der Waals surface area (Å²) in [5.41, 5.74) is 0. The molecule has 0 saturated heterocycles. The lowest BCUT2D eigenvalue weighted by Gasteiger charge is -2.06. The first-order chi connectivity index (χ1) is 4.30. The molecule has 2 heteroatoms. The van der Waals surface area contributed by atoms with Crippen LogP contribution in [0.3, 0.4) is 0 Å². The molecule has 4 saturated carbocycles. The maximum absolute atomic E-state index is 13.0. The zero-order valence-corrected chi connectivity index (χ0v) is 6.51. The van der Waals surface area contributed by atoms with Crippen LogP contribution in [0.4, 0.5) is 4.39 Å². The smallest absolute Gasteiger partial charge is 0.107 e. The molecule has 9 heavy (non-hydrogen) atoms. The summed E-state index contributed by atoms with van der Waals surface area (Å²) in [4.78, 5) is 0.544. The van der Waals surface area contributed by atoms with Gasteiger partial charge < -0.3 is 0 Å². The Balaban J connectivity index is 2.07. The van der Waals surface area contributed by atoms with Gasteiger partial charge in [0.05, 0.1) is 0 Å². The van der Waals surface area contributed by atoms with Crippen molar-refractivity contribution in [2.24, 2.45) is 23.7 Å². The average molecular weight is 191 g/mol. The van der Waals surface area contributed by atoms with E-state index in [1.807, 2.05) is 0 Å². The van der Waals surface area contributed by atoms with E-state index in [-0.39, 0.29) is 0 Å². The minimum absolute atomic E-state index is 0.394. The summed E-state index contributed by atoms with van der Waals surface area (Å²) in [5, 5.41) is 0. The molecular weight excluding hydrogens is 183 g/mol. The van der Waals surface area contributed by atoms with Gasteiger partial charge in [0.15, 0.2) is 0 Å². The monoisotopic (exact) mass is 190 g/mol. The van der Waals surface area contributed by atoms with E-state index in [1.54, 1.807) is 0 Å². The molecule has 0 heterocycles. The van der Waals surface area contributed by atoms with Crippen molar-refractivity contribution in [2.45, 2.75) is 17.4 Å². The number of halogens is 2. The fourth-order valence-corrected chi connectivity index (χ4v) is 4.21. The lowest BCUT2D eigenvalue weighted by Crippen LogP contribution is -2.10. The van der Waals surface area contributed by atoms with Gasteiger partial charge in [-0.15, -0.1) is 0 Å². The van der Waals surface area contributed by atoms with Crippen molar-refractivity contribution in [1.82, 2.24) is 0 Å². The highest BCUT2D eigenvalue weighted by atomic mass is 79.9. The predicted molar refractivity (Wildman–Crippen MR) is 36.2 cm³/mol. The largest absolute Gasteiger partial charge is 0.247 e. The molecule has 4 aliphatic rings. The van der Waals surface area contributed by atoms with E-state index < -0.39 is 6.17 Å². The fourth-order valence-electron chi connectivity index (χ4n) is 2.96. The zero-order valence-electron chi connectivity index (χ0n) is 4.93. The van der Waals surface area contributed by atoms with Crippen LogP contribution in [0.5, 0.6) is 0 Å². The van der Waals surface area contributed by atoms with Gasteiger partial charge >= 0.3 is 0 Å². The van der Waals surface area contributed by atoms with Crippen molar-refractivity contribution in [3.8, 4) is 0 Å². The molecule has 0 nitrogen and oxygen atoms in total. The lowest BCUT2D eigenvalue weighted by atomic mass is 10.1. The van der Waals surface area contributed by atoms with Gasteiger partial charge in [-0.25, -0.2) is 4.39 Å². The minimum Gasteiger partial charge on any atom is -0.247 e. The summed E-state index contributed by atoms with van der Waals surface area (Å²) in [7, 11) is 0. The molecule has 0 spiro atoms. The molecule has 0 aromatic heterocycles. The summed E-state index contributed by atoms with van der Waals surface area (Å²) in [5.74, 6) is 2.41. The Morgan fingerprint density at radius 2 is 2.00 bits per heavy atom. The number of rotatable bonds is 0. The van der Waals surface area contributed by atoms with Crippen molar-refractivity contribution in [1.29, 1.82) is 0 Å². The van der Waals surface area contributed by atoms with Crippen molar-refractivity contribution in [3.05, 3.63) is 0 Å². The van der Waals surface area contributed by atoms with Crippen LogP contribution in [0.2, 0.25) is 0 Å². The van der Waals surface area contributed by atoms with E-state index in [0.717, 1.165) is 11.8 Å². The van der Waals surface area contributed by atoms with Crippen LogP contribution in [-0.4, -0.2) is 11.0 Å². The minimum atomic E-state index is -0.440. The van der Waals surface area contributed by atoms with Crippen LogP contribution in [0.15, 0.2) is 0 Å². The second-order valence-corrected chi connectivity index (χ2v) is 4.66. The van der Waals surface area contributed by atoms with Crippen molar-refractivity contribution in [2.75, 3.05) is 0 Å². The van der Waals surface area contributed by atoms with Crippen molar-refractivity contribution in [3.63, 3.8) is 0 Å². The average Bonchev–Trinajstić information content (AvgIpc) is 2.18. The fraction of sp³-hybridized carbons (Fsp3) is 1.00. The van der Waals surface area contributed by atoms with Gasteiger partial charge in [-0.3, -0.25) is 0 Å². The second-order valence-electron chi connectivity index (χ2n) is 3.61. The molecule has 0 amide bonds. The maximum atomic E-state index is 13.0. The summed E-state index contributed by atoms with van der Waals surface area (Å²) < 4.78 is 13.0. The molecule has 2 unspecified atom stereocenters. The first kappa shape index (κ1) is 5.11. The number of hydrogen-bond donors (Lipinski definition) is 0. The summed E-state index contributed by atoms with van der Waals surface area (Å²) in [6.45, 7) is 0. The van der Waals surface area contributed by atoms with Gasteiger partial charge in [0, 0.05) is 10.7 Å². The lowest BCUT2D eigenvalue weighted by molar-refractivity contribution is 0.274. The first-order valence-electron chi connectivity index (χ1n) is 3.59. The number of hydrogen-bond acceptors (Lipinski definition) is 0. The van der Waals surface area contributed by atoms with Crippen LogP contribution in [-0.2, 0) is 0 Å². The van der Waals surface area contributed by atoms with Crippen molar-refractivity contribution >= 4 is 15.9 Å². The quantitative estimate of drug-likeness (QED) is 0.513. The molecular formula is C7H8BrF. The summed E-state index contributed by atoms with van der Waals surface area (Å²) in [6, 6.07) is 0. The topological polar surface area (TPSA) is 0 Å². The van der Waals surface area contributed by atoms with E-state index in [1.165, 1.54) is 6.42 Å². The molecule has 4 aliphatic carbocycles. The Kier molecular flexibility index (Phi) is 0.696. The van der Waals surface area contributed by atoms with Crippen LogP contribution >= 0.6 is 15.9 Å². The van der Waals surface area contributed by atoms with Crippen LogP contribution < -0.4 is 0 Å². The molecule has 0 radical (unpaired) electrons. The van der Waals surface area contributed by atoms with Gasteiger partial charge in [-0.1, -0.05) is 15.9 Å². The van der Waals surface area contributed by atoms with E-state index in [0.29, 0.717) is 16.7 Å². The summed E-state index contributed by atoms with van der Waals surface area (Å²) >= 11 is 3.55. The Labute approximate surface area is 61.9 Å². The maximum Gasteiger partial charge on any atom is 0.107 e. The molecule has 0 N–H and O–H groups in total. The van der Waals surface area contributed by atoms with E-state index in [4.69, 9.17) is 0 Å². The standard InChI is InChI=1S/C7H8BrF/c8-6-3-1-2-4(6)5(2)7(3)9/h2-7H,1H2/t2-,3+,4?,5?,6-,7+/m1/s1. The third-order valence-corrected chi connectivity index (χ3v) is 4.68. The molecule has 4 rings (SSSR count). The van der Waals surface area contributed by atoms with Crippen LogP contribution in [0.25, 0.3) is 0 Å². The third kappa shape index (κ3) is 0.374. The highest BCUT2D eigenvalue weighted by Gasteiger charge is 2.73. The Morgan fingerprint density at radius 3 is 2.11 bits per heavy atom. The van der Waals surface area contributed by atoms with Crippen molar-refractivity contribution < 1.29 is 4.39 Å². The van der Waals surface area contributed by atoms with Gasteiger partial charge in [0.2, 0.25) is 0 Å². The Morgan fingerprint density at radius 1 is 1.22 bits per heavy atom. The first-order valence-corrected chi connectivity index (χ1v) is 4.50. The molecule has 0 aliphatic heterocycles. The Bertz CT molecular complexity index is 150. The summed E-state index contributed by atoms with van der Waals surface area (Å²) in [6.07, 6.45) is 0.733. The molecule has 4 fully saturated rings. The molecule has 6 atom stereocenters. The van der Waals surface area contributed by atoms with Crippen LogP contribution in [0, 0.1) is 23.7 Å². The second kappa shape index (κ2) is 1.23. The van der Waals surface area contributed by atoms with E-state index in [2.05, 4.69) is 15.9 Å². The predicted octanol–water partition coefficient (Wildman–Crippen LogP) is 1.98. The zero-order chi connectivity index (χ0) is 6.17. The molecule has 0 aromatic carbocycles.